The molecule has 0 aliphatic carbocycles. The SMILES string of the molecule is O=C(O)CCNC(=O)CCCc1ncc(-c2ccccc2)o1. The Morgan fingerprint density at radius 2 is 1.95 bits per heavy atom. The van der Waals surface area contributed by atoms with Crippen molar-refractivity contribution < 1.29 is 19.1 Å². The standard InChI is InChI=1S/C16H18N2O4/c19-14(17-10-9-16(20)21)7-4-8-15-18-11-13(22-15)12-5-2-1-3-6-12/h1-3,5-6,11H,4,7-10H2,(H,17,19)(H,20,21). The molecule has 0 unspecified atom stereocenters. The van der Waals surface area contributed by atoms with Gasteiger partial charge in [-0.15, -0.1) is 0 Å². The van der Waals surface area contributed by atoms with Crippen molar-refractivity contribution in [2.24, 2.45) is 0 Å². The Hall–Kier alpha value is -2.63. The van der Waals surface area contributed by atoms with E-state index in [1.807, 2.05) is 30.3 Å². The highest BCUT2D eigenvalue weighted by molar-refractivity contribution is 5.76. The Labute approximate surface area is 128 Å². The van der Waals surface area contributed by atoms with Crippen molar-refractivity contribution in [1.82, 2.24) is 10.3 Å². The highest BCUT2D eigenvalue weighted by Gasteiger charge is 2.07. The van der Waals surface area contributed by atoms with Crippen molar-refractivity contribution in [3.05, 3.63) is 42.4 Å². The van der Waals surface area contributed by atoms with Gasteiger partial charge >= 0.3 is 5.97 Å². The molecule has 0 atom stereocenters. The van der Waals surface area contributed by atoms with Crippen molar-refractivity contribution in [2.45, 2.75) is 25.7 Å². The Bertz CT molecular complexity index is 622. The maximum Gasteiger partial charge on any atom is 0.305 e. The number of hydrogen-bond donors (Lipinski definition) is 2. The lowest BCUT2D eigenvalue weighted by Crippen LogP contribution is -2.25. The third kappa shape index (κ3) is 5.05. The summed E-state index contributed by atoms with van der Waals surface area (Å²) in [4.78, 5) is 26.0. The molecule has 1 aromatic carbocycles. The molecule has 0 aliphatic rings. The zero-order valence-corrected chi connectivity index (χ0v) is 12.1. The molecule has 0 fully saturated rings. The minimum Gasteiger partial charge on any atom is -0.481 e. The van der Waals surface area contributed by atoms with Gasteiger partial charge in [0.1, 0.15) is 0 Å². The molecule has 0 spiro atoms. The molecule has 0 bridgehead atoms. The monoisotopic (exact) mass is 302 g/mol. The Morgan fingerprint density at radius 3 is 2.68 bits per heavy atom. The first-order chi connectivity index (χ1) is 10.6. The second kappa shape index (κ2) is 7.97. The molecule has 0 aliphatic heterocycles. The van der Waals surface area contributed by atoms with Crippen LogP contribution in [0.5, 0.6) is 0 Å². The van der Waals surface area contributed by atoms with Crippen LogP contribution in [0.15, 0.2) is 40.9 Å². The first-order valence-corrected chi connectivity index (χ1v) is 7.14. The molecule has 2 rings (SSSR count). The molecule has 22 heavy (non-hydrogen) atoms. The van der Waals surface area contributed by atoms with Crippen LogP contribution in [-0.2, 0) is 16.0 Å². The lowest BCUT2D eigenvalue weighted by Gasteiger charge is -2.02. The maximum absolute atomic E-state index is 11.5. The van der Waals surface area contributed by atoms with Crippen LogP contribution in [0.4, 0.5) is 0 Å². The number of aliphatic carboxylic acids is 1. The zero-order valence-electron chi connectivity index (χ0n) is 12.1. The van der Waals surface area contributed by atoms with Crippen molar-refractivity contribution in [1.29, 1.82) is 0 Å². The molecule has 2 aromatic rings. The number of carboxylic acid groups (broad SMARTS) is 1. The molecule has 1 aromatic heterocycles. The quantitative estimate of drug-likeness (QED) is 0.780. The highest BCUT2D eigenvalue weighted by Crippen LogP contribution is 2.20. The van der Waals surface area contributed by atoms with E-state index in [2.05, 4.69) is 10.3 Å². The second-order valence-corrected chi connectivity index (χ2v) is 4.83. The third-order valence-electron chi connectivity index (χ3n) is 3.07. The minimum absolute atomic E-state index is 0.0636. The van der Waals surface area contributed by atoms with Gasteiger partial charge in [-0.1, -0.05) is 30.3 Å². The third-order valence-corrected chi connectivity index (χ3v) is 3.07. The van der Waals surface area contributed by atoms with Crippen LogP contribution < -0.4 is 5.32 Å². The first kappa shape index (κ1) is 15.8. The largest absolute Gasteiger partial charge is 0.481 e. The molecule has 6 nitrogen and oxygen atoms in total. The van der Waals surface area contributed by atoms with Crippen LogP contribution in [0.2, 0.25) is 0 Å². The average molecular weight is 302 g/mol. The van der Waals surface area contributed by atoms with Crippen LogP contribution in [-0.4, -0.2) is 28.5 Å². The smallest absolute Gasteiger partial charge is 0.305 e. The number of aromatic nitrogens is 1. The lowest BCUT2D eigenvalue weighted by molar-refractivity contribution is -0.136. The van der Waals surface area contributed by atoms with Crippen LogP contribution >= 0.6 is 0 Å². The number of oxazole rings is 1. The predicted octanol–water partition coefficient (Wildman–Crippen LogP) is 2.26. The molecule has 1 amide bonds. The summed E-state index contributed by atoms with van der Waals surface area (Å²) in [6.45, 7) is 0.158. The number of nitrogens with zero attached hydrogens (tertiary/aromatic N) is 1. The molecule has 1 heterocycles. The van der Waals surface area contributed by atoms with Gasteiger partial charge < -0.3 is 14.8 Å². The molecule has 116 valence electrons. The normalized spacial score (nSPS) is 10.4. The summed E-state index contributed by atoms with van der Waals surface area (Å²) < 4.78 is 5.64. The molecule has 0 saturated carbocycles. The van der Waals surface area contributed by atoms with Crippen molar-refractivity contribution in [3.8, 4) is 11.3 Å². The fourth-order valence-electron chi connectivity index (χ4n) is 1.96. The van der Waals surface area contributed by atoms with Crippen molar-refractivity contribution in [3.63, 3.8) is 0 Å². The van der Waals surface area contributed by atoms with E-state index in [-0.39, 0.29) is 18.9 Å². The van der Waals surface area contributed by atoms with E-state index in [0.717, 1.165) is 5.56 Å². The maximum atomic E-state index is 11.5. The average Bonchev–Trinajstić information content (AvgIpc) is 2.97. The number of hydrogen-bond acceptors (Lipinski definition) is 4. The molecular weight excluding hydrogens is 284 g/mol. The number of nitrogens with one attached hydrogen (secondary N) is 1. The Balaban J connectivity index is 1.73. The zero-order chi connectivity index (χ0) is 15.8. The summed E-state index contributed by atoms with van der Waals surface area (Å²) in [5, 5.41) is 11.0. The number of carbonyl (C=O) groups excluding carboxylic acids is 1. The van der Waals surface area contributed by atoms with E-state index in [1.54, 1.807) is 6.20 Å². The fourth-order valence-corrected chi connectivity index (χ4v) is 1.96. The molecule has 6 heteroatoms. The molecule has 2 N–H and O–H groups in total. The van der Waals surface area contributed by atoms with Crippen LogP contribution in [0.25, 0.3) is 11.3 Å². The van der Waals surface area contributed by atoms with Crippen molar-refractivity contribution >= 4 is 11.9 Å². The molecule has 0 radical (unpaired) electrons. The first-order valence-electron chi connectivity index (χ1n) is 7.14. The van der Waals surface area contributed by atoms with Gasteiger partial charge in [-0.05, 0) is 6.42 Å². The lowest BCUT2D eigenvalue weighted by atomic mass is 10.2. The van der Waals surface area contributed by atoms with Gasteiger partial charge in [-0.25, -0.2) is 4.98 Å². The number of carboxylic acids is 1. The van der Waals surface area contributed by atoms with E-state index in [0.29, 0.717) is 30.9 Å². The van der Waals surface area contributed by atoms with E-state index in [4.69, 9.17) is 9.52 Å². The summed E-state index contributed by atoms with van der Waals surface area (Å²) in [6, 6.07) is 9.68. The number of benzene rings is 1. The highest BCUT2D eigenvalue weighted by atomic mass is 16.4. The summed E-state index contributed by atoms with van der Waals surface area (Å²) in [7, 11) is 0. The second-order valence-electron chi connectivity index (χ2n) is 4.83. The van der Waals surface area contributed by atoms with E-state index < -0.39 is 5.97 Å². The summed E-state index contributed by atoms with van der Waals surface area (Å²) in [5.74, 6) is 0.225. The molecular formula is C16H18N2O4. The Morgan fingerprint density at radius 1 is 1.18 bits per heavy atom. The van der Waals surface area contributed by atoms with Gasteiger partial charge in [-0.2, -0.15) is 0 Å². The Kier molecular flexibility index (Phi) is 5.71. The molecule has 0 saturated heterocycles. The number of rotatable bonds is 8. The van der Waals surface area contributed by atoms with Crippen LogP contribution in [0, 0.1) is 0 Å². The van der Waals surface area contributed by atoms with Gasteiger partial charge in [0, 0.05) is 24.9 Å². The van der Waals surface area contributed by atoms with E-state index >= 15 is 0 Å². The van der Waals surface area contributed by atoms with E-state index in [9.17, 15) is 9.59 Å². The van der Waals surface area contributed by atoms with Crippen molar-refractivity contribution in [2.75, 3.05) is 6.54 Å². The van der Waals surface area contributed by atoms with Gasteiger partial charge in [-0.3, -0.25) is 9.59 Å². The topological polar surface area (TPSA) is 92.4 Å². The van der Waals surface area contributed by atoms with Gasteiger partial charge in [0.15, 0.2) is 11.7 Å². The van der Waals surface area contributed by atoms with Gasteiger partial charge in [0.05, 0.1) is 12.6 Å². The summed E-state index contributed by atoms with van der Waals surface area (Å²) in [6.07, 6.45) is 3.11. The number of amides is 1. The predicted molar refractivity (Wildman–Crippen MR) is 80.1 cm³/mol. The van der Waals surface area contributed by atoms with Gasteiger partial charge in [0.2, 0.25) is 5.91 Å². The number of carbonyl (C=O) groups is 2. The summed E-state index contributed by atoms with van der Waals surface area (Å²) >= 11 is 0. The minimum atomic E-state index is -0.923. The fraction of sp³-hybridized carbons (Fsp3) is 0.312. The number of aryl methyl sites for hydroxylation is 1. The van der Waals surface area contributed by atoms with Gasteiger partial charge in [0.25, 0.3) is 0 Å². The van der Waals surface area contributed by atoms with Crippen LogP contribution in [0.3, 0.4) is 0 Å². The summed E-state index contributed by atoms with van der Waals surface area (Å²) in [5.41, 5.74) is 0.965. The van der Waals surface area contributed by atoms with Crippen LogP contribution in [0.1, 0.15) is 25.2 Å². The van der Waals surface area contributed by atoms with E-state index in [1.165, 1.54) is 0 Å².